The predicted molar refractivity (Wildman–Crippen MR) is 114 cm³/mol. The maximum atomic E-state index is 12.4. The molecule has 1 amide bonds. The van der Waals surface area contributed by atoms with Gasteiger partial charge in [0.05, 0.1) is 31.5 Å². The normalized spacial score (nSPS) is 12.0. The number of hydrogen-bond acceptors (Lipinski definition) is 6. The van der Waals surface area contributed by atoms with Gasteiger partial charge in [-0.2, -0.15) is 0 Å². The first-order valence-electron chi connectivity index (χ1n) is 9.56. The molecule has 0 aliphatic carbocycles. The molecular formula is C21H25N3O4S. The van der Waals surface area contributed by atoms with Gasteiger partial charge in [-0.3, -0.25) is 14.2 Å². The standard InChI is InChI=1S/C21H25N3O4S/c1-4-10-28-17-6-5-15(12-18(17)27-3)14(2)23-19(25)7-9-24-13-22-20-16(21(24)26)8-11-29-20/h5-6,8,11-14H,4,7,9-10H2,1-3H3,(H,23,25). The summed E-state index contributed by atoms with van der Waals surface area (Å²) in [4.78, 5) is 29.8. The van der Waals surface area contributed by atoms with Crippen LogP contribution in [-0.2, 0) is 11.3 Å². The molecule has 0 saturated heterocycles. The molecule has 0 fully saturated rings. The smallest absolute Gasteiger partial charge is 0.262 e. The number of nitrogens with one attached hydrogen (secondary N) is 1. The highest BCUT2D eigenvalue weighted by Gasteiger charge is 2.14. The molecule has 0 aliphatic heterocycles. The minimum absolute atomic E-state index is 0.121. The zero-order chi connectivity index (χ0) is 20.8. The van der Waals surface area contributed by atoms with Crippen molar-refractivity contribution in [3.63, 3.8) is 0 Å². The van der Waals surface area contributed by atoms with Gasteiger partial charge in [-0.15, -0.1) is 11.3 Å². The van der Waals surface area contributed by atoms with Gasteiger partial charge in [0, 0.05) is 13.0 Å². The average Bonchev–Trinajstić information content (AvgIpc) is 3.21. The summed E-state index contributed by atoms with van der Waals surface area (Å²) in [7, 11) is 1.59. The van der Waals surface area contributed by atoms with Crippen LogP contribution in [0.25, 0.3) is 10.2 Å². The van der Waals surface area contributed by atoms with Gasteiger partial charge < -0.3 is 14.8 Å². The van der Waals surface area contributed by atoms with Gasteiger partial charge in [-0.05, 0) is 42.5 Å². The van der Waals surface area contributed by atoms with Gasteiger partial charge in [0.15, 0.2) is 11.5 Å². The summed E-state index contributed by atoms with van der Waals surface area (Å²) >= 11 is 1.43. The summed E-state index contributed by atoms with van der Waals surface area (Å²) in [6.45, 7) is 4.85. The van der Waals surface area contributed by atoms with Crippen LogP contribution in [0.4, 0.5) is 0 Å². The van der Waals surface area contributed by atoms with Gasteiger partial charge in [-0.25, -0.2) is 4.98 Å². The number of hydrogen-bond donors (Lipinski definition) is 1. The third-order valence-corrected chi connectivity index (χ3v) is 5.38. The Morgan fingerprint density at radius 3 is 2.90 bits per heavy atom. The number of fused-ring (bicyclic) bond motifs is 1. The predicted octanol–water partition coefficient (Wildman–Crippen LogP) is 3.52. The van der Waals surface area contributed by atoms with E-state index in [4.69, 9.17) is 9.47 Å². The molecule has 1 N–H and O–H groups in total. The van der Waals surface area contributed by atoms with Gasteiger partial charge in [-0.1, -0.05) is 13.0 Å². The van der Waals surface area contributed by atoms with E-state index in [1.165, 1.54) is 22.2 Å². The summed E-state index contributed by atoms with van der Waals surface area (Å²) in [5, 5.41) is 5.39. The number of ether oxygens (including phenoxy) is 2. The van der Waals surface area contributed by atoms with Crippen molar-refractivity contribution in [1.29, 1.82) is 0 Å². The van der Waals surface area contributed by atoms with Gasteiger partial charge >= 0.3 is 0 Å². The average molecular weight is 416 g/mol. The summed E-state index contributed by atoms with van der Waals surface area (Å²) in [5.74, 6) is 1.19. The lowest BCUT2D eigenvalue weighted by Gasteiger charge is -2.17. The topological polar surface area (TPSA) is 82.5 Å². The van der Waals surface area contributed by atoms with E-state index in [0.29, 0.717) is 28.3 Å². The molecule has 2 heterocycles. The maximum Gasteiger partial charge on any atom is 0.262 e. The van der Waals surface area contributed by atoms with E-state index in [1.807, 2.05) is 37.4 Å². The first-order chi connectivity index (χ1) is 14.0. The monoisotopic (exact) mass is 415 g/mol. The first kappa shape index (κ1) is 20.9. The number of rotatable bonds is 9. The fourth-order valence-corrected chi connectivity index (χ4v) is 3.68. The summed E-state index contributed by atoms with van der Waals surface area (Å²) < 4.78 is 12.5. The number of aryl methyl sites for hydroxylation is 1. The Morgan fingerprint density at radius 2 is 2.14 bits per heavy atom. The van der Waals surface area contributed by atoms with Crippen LogP contribution < -0.4 is 20.3 Å². The van der Waals surface area contributed by atoms with E-state index >= 15 is 0 Å². The molecule has 7 nitrogen and oxygen atoms in total. The zero-order valence-corrected chi connectivity index (χ0v) is 17.6. The third-order valence-electron chi connectivity index (χ3n) is 4.56. The minimum atomic E-state index is -0.203. The first-order valence-corrected chi connectivity index (χ1v) is 10.4. The van der Waals surface area contributed by atoms with E-state index in [2.05, 4.69) is 10.3 Å². The maximum absolute atomic E-state index is 12.4. The molecule has 1 aromatic carbocycles. The molecule has 0 saturated carbocycles. The lowest BCUT2D eigenvalue weighted by Crippen LogP contribution is -2.29. The van der Waals surface area contributed by atoms with Crippen molar-refractivity contribution in [2.24, 2.45) is 0 Å². The molecule has 1 unspecified atom stereocenters. The largest absolute Gasteiger partial charge is 0.493 e. The number of thiophene rings is 1. The van der Waals surface area contributed by atoms with Crippen LogP contribution in [0, 0.1) is 0 Å². The molecule has 0 aliphatic rings. The molecular weight excluding hydrogens is 390 g/mol. The van der Waals surface area contributed by atoms with Gasteiger partial charge in [0.2, 0.25) is 5.91 Å². The minimum Gasteiger partial charge on any atom is -0.493 e. The van der Waals surface area contributed by atoms with Crippen LogP contribution >= 0.6 is 11.3 Å². The Bertz CT molecular complexity index is 1040. The second-order valence-corrected chi connectivity index (χ2v) is 7.58. The van der Waals surface area contributed by atoms with Crippen molar-refractivity contribution < 1.29 is 14.3 Å². The lowest BCUT2D eigenvalue weighted by atomic mass is 10.1. The molecule has 1 atom stereocenters. The SMILES string of the molecule is CCCOc1ccc(C(C)NC(=O)CCn2cnc3sccc3c2=O)cc1OC. The van der Waals surface area contributed by atoms with Crippen molar-refractivity contribution in [1.82, 2.24) is 14.9 Å². The fourth-order valence-electron chi connectivity index (χ4n) is 2.96. The van der Waals surface area contributed by atoms with E-state index < -0.39 is 0 Å². The van der Waals surface area contributed by atoms with Crippen molar-refractivity contribution in [2.45, 2.75) is 39.3 Å². The Balaban J connectivity index is 1.61. The van der Waals surface area contributed by atoms with Crippen molar-refractivity contribution in [3.05, 3.63) is 51.9 Å². The number of benzene rings is 1. The second-order valence-electron chi connectivity index (χ2n) is 6.68. The number of amides is 1. The van der Waals surface area contributed by atoms with Gasteiger partial charge in [0.1, 0.15) is 4.83 Å². The van der Waals surface area contributed by atoms with Crippen molar-refractivity contribution in [2.75, 3.05) is 13.7 Å². The number of carbonyl (C=O) groups excluding carboxylic acids is 1. The van der Waals surface area contributed by atoms with Crippen LogP contribution in [0.15, 0.2) is 40.8 Å². The van der Waals surface area contributed by atoms with Crippen LogP contribution in [-0.4, -0.2) is 29.2 Å². The quantitative estimate of drug-likeness (QED) is 0.578. The molecule has 0 bridgehead atoms. The van der Waals surface area contributed by atoms with Crippen molar-refractivity contribution in [3.8, 4) is 11.5 Å². The summed E-state index contributed by atoms with van der Waals surface area (Å²) in [6.07, 6.45) is 2.60. The number of methoxy groups -OCH3 is 1. The number of carbonyl (C=O) groups is 1. The zero-order valence-electron chi connectivity index (χ0n) is 16.8. The van der Waals surface area contributed by atoms with Crippen LogP contribution in [0.5, 0.6) is 11.5 Å². The number of nitrogens with zero attached hydrogens (tertiary/aromatic N) is 2. The lowest BCUT2D eigenvalue weighted by molar-refractivity contribution is -0.121. The van der Waals surface area contributed by atoms with Crippen molar-refractivity contribution >= 4 is 27.5 Å². The summed E-state index contributed by atoms with van der Waals surface area (Å²) in [6, 6.07) is 7.20. The second kappa shape index (κ2) is 9.56. The third kappa shape index (κ3) is 4.95. The van der Waals surface area contributed by atoms with E-state index in [1.54, 1.807) is 13.2 Å². The highest BCUT2D eigenvalue weighted by atomic mass is 32.1. The molecule has 0 radical (unpaired) electrons. The molecule has 8 heteroatoms. The van der Waals surface area contributed by atoms with Crippen LogP contribution in [0.2, 0.25) is 0 Å². The van der Waals surface area contributed by atoms with Crippen LogP contribution in [0.3, 0.4) is 0 Å². The molecule has 0 spiro atoms. The molecule has 3 rings (SSSR count). The Kier molecular flexibility index (Phi) is 6.87. The van der Waals surface area contributed by atoms with Crippen LogP contribution in [0.1, 0.15) is 38.3 Å². The van der Waals surface area contributed by atoms with E-state index in [9.17, 15) is 9.59 Å². The molecule has 2 aromatic heterocycles. The molecule has 3 aromatic rings. The Labute approximate surface area is 173 Å². The number of aromatic nitrogens is 2. The Morgan fingerprint density at radius 1 is 1.31 bits per heavy atom. The van der Waals surface area contributed by atoms with E-state index in [-0.39, 0.29) is 30.5 Å². The molecule has 154 valence electrons. The Hall–Kier alpha value is -2.87. The fraction of sp³-hybridized carbons (Fsp3) is 0.381. The summed E-state index contributed by atoms with van der Waals surface area (Å²) in [5.41, 5.74) is 0.794. The molecule has 29 heavy (non-hydrogen) atoms. The highest BCUT2D eigenvalue weighted by molar-refractivity contribution is 7.16. The van der Waals surface area contributed by atoms with E-state index in [0.717, 1.165) is 12.0 Å². The highest BCUT2D eigenvalue weighted by Crippen LogP contribution is 2.30. The van der Waals surface area contributed by atoms with Gasteiger partial charge in [0.25, 0.3) is 5.56 Å².